The first-order valence-electron chi connectivity index (χ1n) is 10.4. The monoisotopic (exact) mass is 406 g/mol. The van der Waals surface area contributed by atoms with E-state index in [1.165, 1.54) is 17.7 Å². The molecule has 0 atom stereocenters. The molecule has 0 radical (unpaired) electrons. The lowest BCUT2D eigenvalue weighted by Crippen LogP contribution is -2.17. The molecule has 0 N–H and O–H groups in total. The number of hydrogen-bond donors (Lipinski definition) is 0. The van der Waals surface area contributed by atoms with Crippen molar-refractivity contribution in [2.75, 3.05) is 13.2 Å². The average molecular weight is 407 g/mol. The minimum absolute atomic E-state index is 0.0889. The average Bonchev–Trinajstić information content (AvgIpc) is 2.78. The molecule has 0 fully saturated rings. The van der Waals surface area contributed by atoms with Gasteiger partial charge in [-0.05, 0) is 42.9 Å². The molecule has 2 rings (SSSR count). The highest BCUT2D eigenvalue weighted by Crippen LogP contribution is 2.21. The molecule has 0 saturated carbocycles. The van der Waals surface area contributed by atoms with Gasteiger partial charge in [0.2, 0.25) is 0 Å². The summed E-state index contributed by atoms with van der Waals surface area (Å²) >= 11 is 0. The molecule has 4 heteroatoms. The highest BCUT2D eigenvalue weighted by Gasteiger charge is 2.22. The van der Waals surface area contributed by atoms with E-state index in [4.69, 9.17) is 9.47 Å². The van der Waals surface area contributed by atoms with Crippen LogP contribution in [0.2, 0.25) is 0 Å². The predicted octanol–water partition coefficient (Wildman–Crippen LogP) is 5.72. The van der Waals surface area contributed by atoms with Gasteiger partial charge in [-0.25, -0.2) is 9.59 Å². The third-order valence-corrected chi connectivity index (χ3v) is 4.74. The molecule has 0 spiro atoms. The predicted molar refractivity (Wildman–Crippen MR) is 120 cm³/mol. The number of carbonyl (C=O) groups excluding carboxylic acids is 2. The Morgan fingerprint density at radius 1 is 0.733 bits per heavy atom. The fourth-order valence-electron chi connectivity index (χ4n) is 3.28. The maximum atomic E-state index is 12.6. The largest absolute Gasteiger partial charge is 0.458 e. The molecule has 2 aromatic carbocycles. The highest BCUT2D eigenvalue weighted by atomic mass is 16.5. The van der Waals surface area contributed by atoms with Crippen molar-refractivity contribution in [1.82, 2.24) is 0 Å². The molecular formula is C26H30O4. The van der Waals surface area contributed by atoms with Crippen LogP contribution >= 0.6 is 0 Å². The maximum absolute atomic E-state index is 12.6. The van der Waals surface area contributed by atoms with Crippen molar-refractivity contribution in [2.45, 2.75) is 38.5 Å². The van der Waals surface area contributed by atoms with Crippen LogP contribution < -0.4 is 0 Å². The minimum Gasteiger partial charge on any atom is -0.458 e. The van der Waals surface area contributed by atoms with Crippen LogP contribution in [0, 0.1) is 0 Å². The third kappa shape index (κ3) is 7.36. The Morgan fingerprint density at radius 3 is 2.03 bits per heavy atom. The van der Waals surface area contributed by atoms with Crippen molar-refractivity contribution < 1.29 is 19.1 Å². The van der Waals surface area contributed by atoms with Crippen LogP contribution in [0.5, 0.6) is 0 Å². The van der Waals surface area contributed by atoms with Crippen molar-refractivity contribution in [3.05, 3.63) is 96.1 Å². The zero-order valence-electron chi connectivity index (χ0n) is 17.5. The molecule has 0 aliphatic rings. The second kappa shape index (κ2) is 13.2. The topological polar surface area (TPSA) is 52.6 Å². The van der Waals surface area contributed by atoms with E-state index < -0.39 is 11.9 Å². The van der Waals surface area contributed by atoms with E-state index in [2.05, 4.69) is 37.4 Å². The van der Waals surface area contributed by atoms with Gasteiger partial charge in [-0.15, -0.1) is 0 Å². The molecule has 0 bridgehead atoms. The van der Waals surface area contributed by atoms with E-state index in [-0.39, 0.29) is 24.3 Å². The summed E-state index contributed by atoms with van der Waals surface area (Å²) in [6.45, 7) is 7.29. The molecule has 0 saturated heterocycles. The normalized spacial score (nSPS) is 10.3. The maximum Gasteiger partial charge on any atom is 0.339 e. The van der Waals surface area contributed by atoms with E-state index >= 15 is 0 Å². The van der Waals surface area contributed by atoms with Crippen LogP contribution in [0.3, 0.4) is 0 Å². The first kappa shape index (κ1) is 23.1. The van der Waals surface area contributed by atoms with Crippen molar-refractivity contribution in [3.8, 4) is 0 Å². The van der Waals surface area contributed by atoms with Gasteiger partial charge in [0.05, 0.1) is 11.1 Å². The lowest BCUT2D eigenvalue weighted by Gasteiger charge is -2.13. The molecule has 4 nitrogen and oxygen atoms in total. The number of rotatable bonds is 13. The van der Waals surface area contributed by atoms with Crippen molar-refractivity contribution >= 4 is 11.9 Å². The number of ether oxygens (including phenoxy) is 2. The smallest absolute Gasteiger partial charge is 0.339 e. The molecular weight excluding hydrogens is 376 g/mol. The first-order chi connectivity index (χ1) is 14.7. The molecule has 30 heavy (non-hydrogen) atoms. The molecule has 0 aliphatic heterocycles. The van der Waals surface area contributed by atoms with Crippen LogP contribution in [0.25, 0.3) is 0 Å². The van der Waals surface area contributed by atoms with E-state index in [9.17, 15) is 9.59 Å². The molecule has 0 heterocycles. The molecule has 0 aromatic heterocycles. The van der Waals surface area contributed by atoms with E-state index in [1.54, 1.807) is 12.1 Å². The van der Waals surface area contributed by atoms with Crippen LogP contribution in [0.1, 0.15) is 57.5 Å². The Kier molecular flexibility index (Phi) is 10.1. The number of carbonyl (C=O) groups is 2. The van der Waals surface area contributed by atoms with Crippen LogP contribution in [0.15, 0.2) is 73.8 Å². The summed E-state index contributed by atoms with van der Waals surface area (Å²) in [6, 6.07) is 15.7. The lowest BCUT2D eigenvalue weighted by atomic mass is 9.96. The van der Waals surface area contributed by atoms with Gasteiger partial charge in [0.1, 0.15) is 13.2 Å². The fourth-order valence-corrected chi connectivity index (χ4v) is 3.28. The van der Waals surface area contributed by atoms with Gasteiger partial charge < -0.3 is 9.47 Å². The lowest BCUT2D eigenvalue weighted by molar-refractivity contribution is 0.0502. The zero-order chi connectivity index (χ0) is 21.6. The van der Waals surface area contributed by atoms with Gasteiger partial charge in [-0.3, -0.25) is 0 Å². The third-order valence-electron chi connectivity index (χ3n) is 4.74. The zero-order valence-corrected chi connectivity index (χ0v) is 17.5. The van der Waals surface area contributed by atoms with Crippen LogP contribution in [0.4, 0.5) is 0 Å². The summed E-state index contributed by atoms with van der Waals surface area (Å²) in [5.74, 6) is -1.08. The Morgan fingerprint density at radius 2 is 1.37 bits per heavy atom. The standard InChI is InChI=1S/C26H30O4/c1-3-19-29-25(27)23-18-12-17-22(24(23)26(28)30-20-4-2)16-11-6-5-8-13-21-14-9-7-10-15-21/h3-4,7,9-10,12,14-15,17-18H,1-2,5-6,8,11,13,16,19-20H2. The SMILES string of the molecule is C=CCOC(=O)c1cccc(CCCCCCc2ccccc2)c1C(=O)OCC=C. The summed E-state index contributed by atoms with van der Waals surface area (Å²) in [5, 5.41) is 0. The van der Waals surface area contributed by atoms with Crippen LogP contribution in [-0.4, -0.2) is 25.2 Å². The van der Waals surface area contributed by atoms with E-state index in [0.717, 1.165) is 37.7 Å². The molecule has 2 aromatic rings. The molecule has 158 valence electrons. The number of benzene rings is 2. The van der Waals surface area contributed by atoms with E-state index in [0.29, 0.717) is 6.42 Å². The number of hydrogen-bond acceptors (Lipinski definition) is 4. The fraction of sp³-hybridized carbons (Fsp3) is 0.308. The Bertz CT molecular complexity index is 839. The summed E-state index contributed by atoms with van der Waals surface area (Å²) in [7, 11) is 0. The van der Waals surface area contributed by atoms with Crippen LogP contribution in [-0.2, 0) is 22.3 Å². The summed E-state index contributed by atoms with van der Waals surface area (Å²) in [6.07, 6.45) is 9.01. The van der Waals surface area contributed by atoms with Gasteiger partial charge in [-0.1, -0.05) is 80.6 Å². The molecule has 0 aliphatic carbocycles. The van der Waals surface area contributed by atoms with E-state index in [1.807, 2.05) is 12.1 Å². The van der Waals surface area contributed by atoms with Crippen molar-refractivity contribution in [1.29, 1.82) is 0 Å². The van der Waals surface area contributed by atoms with Gasteiger partial charge in [0.25, 0.3) is 0 Å². The summed E-state index contributed by atoms with van der Waals surface area (Å²) in [5.41, 5.74) is 2.68. The Hall–Kier alpha value is -3.14. The highest BCUT2D eigenvalue weighted by molar-refractivity contribution is 6.04. The Labute approximate surface area is 179 Å². The first-order valence-corrected chi connectivity index (χ1v) is 10.4. The number of aryl methyl sites for hydroxylation is 2. The van der Waals surface area contributed by atoms with Gasteiger partial charge in [-0.2, -0.15) is 0 Å². The Balaban J connectivity index is 1.98. The second-order valence-electron chi connectivity index (χ2n) is 7.01. The van der Waals surface area contributed by atoms with Crippen molar-refractivity contribution in [2.24, 2.45) is 0 Å². The van der Waals surface area contributed by atoms with Gasteiger partial charge in [0, 0.05) is 0 Å². The number of unbranched alkanes of at least 4 members (excludes halogenated alkanes) is 3. The van der Waals surface area contributed by atoms with Crippen molar-refractivity contribution in [3.63, 3.8) is 0 Å². The quantitative estimate of drug-likeness (QED) is 0.243. The minimum atomic E-state index is -0.551. The van der Waals surface area contributed by atoms with Gasteiger partial charge in [0.15, 0.2) is 0 Å². The summed E-state index contributed by atoms with van der Waals surface area (Å²) < 4.78 is 10.4. The summed E-state index contributed by atoms with van der Waals surface area (Å²) in [4.78, 5) is 25.0. The molecule has 0 unspecified atom stereocenters. The molecule has 0 amide bonds. The second-order valence-corrected chi connectivity index (χ2v) is 7.01. The van der Waals surface area contributed by atoms with Gasteiger partial charge >= 0.3 is 11.9 Å². The number of esters is 2.